The minimum absolute atomic E-state index is 0.293. The molecule has 0 heterocycles. The highest BCUT2D eigenvalue weighted by molar-refractivity contribution is 6.59. The maximum Gasteiger partial charge on any atom is 0.497 e. The van der Waals surface area contributed by atoms with Crippen LogP contribution in [0.15, 0.2) is 38.0 Å². The molecule has 0 aromatic carbocycles. The molecule has 0 saturated carbocycles. The molecule has 9 nitrogen and oxygen atoms in total. The molecule has 0 unspecified atom stereocenters. The summed E-state index contributed by atoms with van der Waals surface area (Å²) in [7, 11) is -2.89. The van der Waals surface area contributed by atoms with Crippen molar-refractivity contribution in [2.45, 2.75) is 45.1 Å². The Morgan fingerprint density at radius 1 is 0.562 bits per heavy atom. The van der Waals surface area contributed by atoms with Crippen molar-refractivity contribution in [1.82, 2.24) is 0 Å². The Labute approximate surface area is 191 Å². The maximum absolute atomic E-state index is 11.0. The third-order valence-electron chi connectivity index (χ3n) is 3.94. The van der Waals surface area contributed by atoms with Gasteiger partial charge in [0.25, 0.3) is 0 Å². The highest BCUT2D eigenvalue weighted by atomic mass is 28.4. The summed E-state index contributed by atoms with van der Waals surface area (Å²) in [5.41, 5.74) is 0. The lowest BCUT2D eigenvalue weighted by Gasteiger charge is -2.26. The lowest BCUT2D eigenvalue weighted by molar-refractivity contribution is -0.138. The van der Waals surface area contributed by atoms with Gasteiger partial charge in [0.05, 0.1) is 19.8 Å². The molecule has 0 bridgehead atoms. The quantitative estimate of drug-likeness (QED) is 0.0818. The van der Waals surface area contributed by atoms with Gasteiger partial charge in [-0.05, 0) is 38.5 Å². The number of hydrogen-bond acceptors (Lipinski definition) is 9. The van der Waals surface area contributed by atoms with Crippen molar-refractivity contribution < 1.29 is 41.9 Å². The van der Waals surface area contributed by atoms with Gasteiger partial charge in [0.1, 0.15) is 0 Å². The van der Waals surface area contributed by atoms with Crippen molar-refractivity contribution in [2.24, 2.45) is 0 Å². The van der Waals surface area contributed by atoms with E-state index in [1.807, 2.05) is 6.55 Å². The first-order valence-corrected chi connectivity index (χ1v) is 12.9. The molecule has 0 saturated heterocycles. The van der Waals surface area contributed by atoms with E-state index in [2.05, 4.69) is 19.7 Å². The molecule has 0 aliphatic carbocycles. The predicted octanol–water partition coefficient (Wildman–Crippen LogP) is 3.13. The second-order valence-corrected chi connectivity index (χ2v) is 9.23. The van der Waals surface area contributed by atoms with Crippen LogP contribution in [0, 0.1) is 0 Å². The predicted molar refractivity (Wildman–Crippen MR) is 121 cm³/mol. The molecule has 0 amide bonds. The molecule has 0 rings (SSSR count). The van der Waals surface area contributed by atoms with Crippen molar-refractivity contribution in [3.8, 4) is 0 Å². The van der Waals surface area contributed by atoms with Gasteiger partial charge in [-0.3, -0.25) is 0 Å². The van der Waals surface area contributed by atoms with Crippen molar-refractivity contribution in [3.05, 3.63) is 38.0 Å². The maximum atomic E-state index is 11.0. The Morgan fingerprint density at radius 3 is 1.06 bits per heavy atom. The summed E-state index contributed by atoms with van der Waals surface area (Å²) in [6, 6.07) is 0. The summed E-state index contributed by atoms with van der Waals surface area (Å²) in [6.07, 6.45) is 7.34. The zero-order chi connectivity index (χ0) is 24.1. The zero-order valence-corrected chi connectivity index (χ0v) is 20.0. The van der Waals surface area contributed by atoms with Crippen LogP contribution < -0.4 is 0 Å². The van der Waals surface area contributed by atoms with Crippen LogP contribution in [-0.4, -0.2) is 66.4 Å². The van der Waals surface area contributed by atoms with E-state index in [1.54, 1.807) is 0 Å². The SMILES string of the molecule is C=CC(=O)OCCCCO[Si](C)(OCCCCOC(=O)C=C)OCCCCOC(=O)C=C. The van der Waals surface area contributed by atoms with E-state index in [-0.39, 0.29) is 0 Å². The molecule has 0 radical (unpaired) electrons. The van der Waals surface area contributed by atoms with Crippen molar-refractivity contribution in [2.75, 3.05) is 39.6 Å². The number of rotatable bonds is 21. The van der Waals surface area contributed by atoms with E-state index in [9.17, 15) is 14.4 Å². The fraction of sp³-hybridized carbons (Fsp3) is 0.591. The fourth-order valence-electron chi connectivity index (χ4n) is 2.21. The number of ether oxygens (including phenoxy) is 3. The fourth-order valence-corrected chi connectivity index (χ4v) is 4.00. The summed E-state index contributed by atoms with van der Waals surface area (Å²) in [4.78, 5) is 33.1. The highest BCUT2D eigenvalue weighted by Crippen LogP contribution is 2.13. The Hall–Kier alpha value is -2.27. The second kappa shape index (κ2) is 19.4. The van der Waals surface area contributed by atoms with Gasteiger partial charge in [-0.15, -0.1) is 0 Å². The van der Waals surface area contributed by atoms with Gasteiger partial charge in [0, 0.05) is 44.6 Å². The van der Waals surface area contributed by atoms with Crippen LogP contribution in [0.1, 0.15) is 38.5 Å². The third kappa shape index (κ3) is 17.4. The molecule has 0 fully saturated rings. The largest absolute Gasteiger partial charge is 0.497 e. The third-order valence-corrected chi connectivity index (χ3v) is 6.13. The van der Waals surface area contributed by atoms with Crippen LogP contribution in [0.5, 0.6) is 0 Å². The lowest BCUT2D eigenvalue weighted by Crippen LogP contribution is -2.43. The van der Waals surface area contributed by atoms with Gasteiger partial charge in [-0.1, -0.05) is 19.7 Å². The van der Waals surface area contributed by atoms with Crippen molar-refractivity contribution >= 4 is 26.7 Å². The minimum Gasteiger partial charge on any atom is -0.463 e. The van der Waals surface area contributed by atoms with Crippen LogP contribution in [0.25, 0.3) is 0 Å². The van der Waals surface area contributed by atoms with Crippen LogP contribution in [0.4, 0.5) is 0 Å². The molecule has 0 atom stereocenters. The first-order valence-electron chi connectivity index (χ1n) is 10.7. The summed E-state index contributed by atoms with van der Waals surface area (Å²) in [5.74, 6) is -1.35. The zero-order valence-electron chi connectivity index (χ0n) is 19.0. The van der Waals surface area contributed by atoms with Crippen molar-refractivity contribution in [3.63, 3.8) is 0 Å². The van der Waals surface area contributed by atoms with Gasteiger partial charge >= 0.3 is 26.7 Å². The first kappa shape index (κ1) is 29.7. The molecular formula is C22H36O9Si. The van der Waals surface area contributed by atoms with E-state index in [0.29, 0.717) is 78.2 Å². The normalized spacial score (nSPS) is 10.8. The Morgan fingerprint density at radius 2 is 0.812 bits per heavy atom. The number of esters is 3. The summed E-state index contributed by atoms with van der Waals surface area (Å²) < 4.78 is 32.6. The standard InChI is InChI=1S/C22H36O9Si/c1-5-20(23)26-14-8-11-17-29-32(4,30-18-12-9-15-27-21(24)6-2)31-19-13-10-16-28-22(25)7-3/h5-7H,1-3,8-19H2,4H3. The summed E-state index contributed by atoms with van der Waals surface area (Å²) in [6.45, 7) is 13.9. The molecule has 10 heteroatoms. The average Bonchev–Trinajstić information content (AvgIpc) is 2.80. The Kier molecular flexibility index (Phi) is 18.0. The molecule has 0 N–H and O–H groups in total. The average molecular weight is 473 g/mol. The van der Waals surface area contributed by atoms with Gasteiger partial charge in [0.2, 0.25) is 0 Å². The molecule has 0 aromatic heterocycles. The summed E-state index contributed by atoms with van der Waals surface area (Å²) >= 11 is 0. The Balaban J connectivity index is 4.27. The van der Waals surface area contributed by atoms with E-state index in [4.69, 9.17) is 27.5 Å². The van der Waals surface area contributed by atoms with Crippen LogP contribution in [0.2, 0.25) is 6.55 Å². The Bertz CT molecular complexity index is 513. The van der Waals surface area contributed by atoms with E-state index >= 15 is 0 Å². The molecule has 182 valence electrons. The number of hydrogen-bond donors (Lipinski definition) is 0. The molecule has 0 aromatic rings. The summed E-state index contributed by atoms with van der Waals surface area (Å²) in [5, 5.41) is 0. The second-order valence-electron chi connectivity index (χ2n) is 6.64. The van der Waals surface area contributed by atoms with Gasteiger partial charge in [-0.2, -0.15) is 0 Å². The van der Waals surface area contributed by atoms with Crippen LogP contribution in [-0.2, 0) is 41.9 Å². The van der Waals surface area contributed by atoms with Crippen LogP contribution in [0.3, 0.4) is 0 Å². The molecule has 0 aliphatic rings. The smallest absolute Gasteiger partial charge is 0.463 e. The molecule has 0 spiro atoms. The molecule has 0 aliphatic heterocycles. The first-order chi connectivity index (χ1) is 15.4. The van der Waals surface area contributed by atoms with Crippen molar-refractivity contribution in [1.29, 1.82) is 0 Å². The monoisotopic (exact) mass is 472 g/mol. The highest BCUT2D eigenvalue weighted by Gasteiger charge is 2.34. The van der Waals surface area contributed by atoms with E-state index in [0.717, 1.165) is 18.2 Å². The van der Waals surface area contributed by atoms with Crippen LogP contribution >= 0.6 is 0 Å². The lowest BCUT2D eigenvalue weighted by atomic mass is 10.3. The van der Waals surface area contributed by atoms with Gasteiger partial charge in [-0.25, -0.2) is 14.4 Å². The van der Waals surface area contributed by atoms with Gasteiger partial charge < -0.3 is 27.5 Å². The molecule has 32 heavy (non-hydrogen) atoms. The van der Waals surface area contributed by atoms with Gasteiger partial charge in [0.15, 0.2) is 0 Å². The number of carbonyl (C=O) groups excluding carboxylic acids is 3. The minimum atomic E-state index is -2.89. The molecular weight excluding hydrogens is 436 g/mol. The topological polar surface area (TPSA) is 107 Å². The van der Waals surface area contributed by atoms with E-state index < -0.39 is 26.7 Å². The van der Waals surface area contributed by atoms with E-state index in [1.165, 1.54) is 0 Å². The number of carbonyl (C=O) groups is 3. The number of unbranched alkanes of at least 4 members (excludes halogenated alkanes) is 3.